The summed E-state index contributed by atoms with van der Waals surface area (Å²) in [4.78, 5) is 0. The van der Waals surface area contributed by atoms with Crippen LogP contribution in [-0.4, -0.2) is 0 Å². The van der Waals surface area contributed by atoms with E-state index in [1.807, 2.05) is 0 Å². The van der Waals surface area contributed by atoms with Crippen molar-refractivity contribution in [2.75, 3.05) is 0 Å². The molecule has 0 aromatic rings. The van der Waals surface area contributed by atoms with Crippen LogP contribution in [0.2, 0.25) is 0 Å². The molecule has 0 heteroatoms. The molecule has 100 heavy (non-hydrogen) atoms. The fourth-order valence-electron chi connectivity index (χ4n) is 17.7. The highest BCUT2D eigenvalue weighted by molar-refractivity contribution is 4.60. The Bertz CT molecular complexity index is 664. The largest absolute Gasteiger partial charge is 0.0533 e. The van der Waals surface area contributed by atoms with Crippen molar-refractivity contribution in [2.45, 2.75) is 642 Å². The Labute approximate surface area is 638 Å². The average molecular weight is 1400 g/mol. The molecule has 0 aliphatic heterocycles. The molecule has 600 valence electrons. The van der Waals surface area contributed by atoms with Crippen molar-refractivity contribution in [3.05, 3.63) is 0 Å². The van der Waals surface area contributed by atoms with Crippen molar-refractivity contribution in [2.24, 2.45) is 0 Å². The van der Waals surface area contributed by atoms with Crippen molar-refractivity contribution < 1.29 is 0 Å². The normalized spacial score (nSPS) is 24.0. The van der Waals surface area contributed by atoms with Crippen LogP contribution in [0.4, 0.5) is 0 Å². The standard InChI is InChI=1S/C100H200/c1-2-4-6-8-10-12-14-16-18-20-22-24-26-28-30-32-34-36-38-40-42-44-46-48-50-52-54-56-58-60-62-64-66-68-70-72-74-76-78-80-82-84-86-88-90-92-94-96-98-100-99-97-95-93-91-89-87-85-83-81-79-77-75-73-71-69-67-65-63-61-59-57-55-53-51-49-47-45-43-41-39-37-35-33-31-29-27-25-23-21-19-17-15-13-11-9-7-5-3-1/h1-100H2. The average Bonchev–Trinajstić information content (AvgIpc) is 3.69. The van der Waals surface area contributed by atoms with Crippen LogP contribution < -0.4 is 0 Å². The summed E-state index contributed by atoms with van der Waals surface area (Å²) in [6, 6.07) is 0. The molecule has 0 amide bonds. The van der Waals surface area contributed by atoms with Gasteiger partial charge in [-0.05, 0) is 0 Å². The van der Waals surface area contributed by atoms with Gasteiger partial charge in [-0.3, -0.25) is 0 Å². The SMILES string of the molecule is C1CCCCCCCCCCCCCCCCCCCCCCCCCCCCCCCCCCCCCCCCCCCCCCCCCCCCCCCCCCCCCCCCCCCCCCCCCCCCCCCCCCCCCCCCCCCCCCCCCCC1. The van der Waals surface area contributed by atoms with Gasteiger partial charge in [0.15, 0.2) is 0 Å². The van der Waals surface area contributed by atoms with E-state index in [0.717, 1.165) is 0 Å². The first-order valence-corrected chi connectivity index (χ1v) is 50.0. The van der Waals surface area contributed by atoms with E-state index in [1.54, 1.807) is 0 Å². The molecule has 1 rings (SSSR count). The summed E-state index contributed by atoms with van der Waals surface area (Å²) in [5, 5.41) is 0. The van der Waals surface area contributed by atoms with E-state index in [-0.39, 0.29) is 0 Å². The lowest BCUT2D eigenvalue weighted by atomic mass is 10.0. The molecular weight excluding hydrogens is 1200 g/mol. The van der Waals surface area contributed by atoms with Gasteiger partial charge in [-0.15, -0.1) is 0 Å². The van der Waals surface area contributed by atoms with Gasteiger partial charge >= 0.3 is 0 Å². The minimum atomic E-state index is 1.50. The van der Waals surface area contributed by atoms with E-state index < -0.39 is 0 Å². The lowest BCUT2D eigenvalue weighted by molar-refractivity contribution is 0.504. The van der Waals surface area contributed by atoms with Crippen LogP contribution in [0.25, 0.3) is 0 Å². The highest BCUT2D eigenvalue weighted by Crippen LogP contribution is 2.24. The second-order valence-electron chi connectivity index (χ2n) is 35.4. The Kier molecular flexibility index (Phi) is 93.2. The second kappa shape index (κ2) is 95.1. The van der Waals surface area contributed by atoms with Crippen molar-refractivity contribution in [3.63, 3.8) is 0 Å². The monoisotopic (exact) mass is 1400 g/mol. The molecule has 0 saturated heterocycles. The van der Waals surface area contributed by atoms with Gasteiger partial charge in [-0.2, -0.15) is 0 Å². The fourth-order valence-corrected chi connectivity index (χ4v) is 17.7. The Morgan fingerprint density at radius 3 is 0.0400 bits per heavy atom. The molecule has 0 radical (unpaired) electrons. The summed E-state index contributed by atoms with van der Waals surface area (Å²) in [6.45, 7) is 0. The van der Waals surface area contributed by atoms with Crippen molar-refractivity contribution in [1.82, 2.24) is 0 Å². The quantitative estimate of drug-likeness (QED) is 0.227. The maximum Gasteiger partial charge on any atom is -0.0533 e. The predicted octanol–water partition coefficient (Wildman–Crippen LogP) is 39.0. The first-order valence-electron chi connectivity index (χ1n) is 50.0. The van der Waals surface area contributed by atoms with Crippen LogP contribution in [0.1, 0.15) is 642 Å². The molecule has 0 N–H and O–H groups in total. The van der Waals surface area contributed by atoms with E-state index in [0.29, 0.717) is 0 Å². The highest BCUT2D eigenvalue weighted by atomic mass is 14.1. The molecular formula is C100H200. The van der Waals surface area contributed by atoms with Crippen molar-refractivity contribution in [1.29, 1.82) is 0 Å². The Balaban J connectivity index is 2.00. The van der Waals surface area contributed by atoms with E-state index in [9.17, 15) is 0 Å². The molecule has 0 aromatic heterocycles. The van der Waals surface area contributed by atoms with E-state index >= 15 is 0 Å². The third kappa shape index (κ3) is 92.2. The number of hydrogen-bond donors (Lipinski definition) is 0. The third-order valence-corrected chi connectivity index (χ3v) is 25.0. The zero-order chi connectivity index (χ0) is 70.7. The second-order valence-corrected chi connectivity index (χ2v) is 35.4. The maximum absolute atomic E-state index is 1.50. The summed E-state index contributed by atoms with van der Waals surface area (Å²) < 4.78 is 0. The lowest BCUT2D eigenvalue weighted by Crippen LogP contribution is -1.85. The summed E-state index contributed by atoms with van der Waals surface area (Å²) >= 11 is 0. The van der Waals surface area contributed by atoms with Gasteiger partial charge in [0.05, 0.1) is 0 Å². The van der Waals surface area contributed by atoms with Crippen LogP contribution in [0.3, 0.4) is 0 Å². The zero-order valence-corrected chi connectivity index (χ0v) is 70.7. The van der Waals surface area contributed by atoms with Crippen molar-refractivity contribution in [3.8, 4) is 0 Å². The minimum Gasteiger partial charge on any atom is -0.0533 e. The highest BCUT2D eigenvalue weighted by Gasteiger charge is 2.04. The van der Waals surface area contributed by atoms with Gasteiger partial charge in [0.25, 0.3) is 0 Å². The van der Waals surface area contributed by atoms with Gasteiger partial charge in [0.1, 0.15) is 0 Å². The van der Waals surface area contributed by atoms with Gasteiger partial charge in [0.2, 0.25) is 0 Å². The summed E-state index contributed by atoms with van der Waals surface area (Å²) in [6.07, 6.45) is 150. The summed E-state index contributed by atoms with van der Waals surface area (Å²) in [5.41, 5.74) is 0. The van der Waals surface area contributed by atoms with Crippen LogP contribution in [0, 0.1) is 0 Å². The van der Waals surface area contributed by atoms with E-state index in [1.165, 1.54) is 642 Å². The van der Waals surface area contributed by atoms with Gasteiger partial charge in [-0.25, -0.2) is 0 Å². The Morgan fingerprint density at radius 1 is 0.0200 bits per heavy atom. The molecule has 1 aliphatic carbocycles. The summed E-state index contributed by atoms with van der Waals surface area (Å²) in [7, 11) is 0. The predicted molar refractivity (Wildman–Crippen MR) is 462 cm³/mol. The first-order chi connectivity index (χ1) is 50.0. The molecule has 1 aliphatic rings. The molecule has 0 heterocycles. The lowest BCUT2D eigenvalue weighted by Gasteiger charge is -2.05. The van der Waals surface area contributed by atoms with Crippen LogP contribution in [-0.2, 0) is 0 Å². The van der Waals surface area contributed by atoms with Crippen LogP contribution >= 0.6 is 0 Å². The maximum atomic E-state index is 1.50. The number of rotatable bonds is 0. The molecule has 0 aromatic carbocycles. The molecule has 0 spiro atoms. The van der Waals surface area contributed by atoms with Gasteiger partial charge < -0.3 is 0 Å². The molecule has 1 fully saturated rings. The Morgan fingerprint density at radius 2 is 0.0300 bits per heavy atom. The number of hydrogen-bond acceptors (Lipinski definition) is 0. The van der Waals surface area contributed by atoms with Gasteiger partial charge in [0, 0.05) is 0 Å². The zero-order valence-electron chi connectivity index (χ0n) is 70.7. The molecule has 0 nitrogen and oxygen atoms in total. The van der Waals surface area contributed by atoms with Crippen LogP contribution in [0.15, 0.2) is 0 Å². The summed E-state index contributed by atoms with van der Waals surface area (Å²) in [5.74, 6) is 0. The van der Waals surface area contributed by atoms with Gasteiger partial charge in [-0.1, -0.05) is 642 Å². The first kappa shape index (κ1) is 98.0. The van der Waals surface area contributed by atoms with Crippen molar-refractivity contribution >= 4 is 0 Å². The van der Waals surface area contributed by atoms with Crippen LogP contribution in [0.5, 0.6) is 0 Å². The Hall–Kier alpha value is 0. The molecule has 0 bridgehead atoms. The molecule has 0 unspecified atom stereocenters. The van der Waals surface area contributed by atoms with E-state index in [4.69, 9.17) is 0 Å². The molecule has 0 atom stereocenters. The smallest absolute Gasteiger partial charge is 0.0533 e. The minimum absolute atomic E-state index is 1.50. The third-order valence-electron chi connectivity index (χ3n) is 25.0. The van der Waals surface area contributed by atoms with E-state index in [2.05, 4.69) is 0 Å². The molecule has 1 saturated carbocycles. The fraction of sp³-hybridized carbons (Fsp3) is 1.00. The topological polar surface area (TPSA) is 0 Å².